The molecule has 2 N–H and O–H groups in total. The second kappa shape index (κ2) is 11.2. The molecule has 1 aliphatic carbocycles. The molecule has 0 spiro atoms. The van der Waals surface area contributed by atoms with Crippen molar-refractivity contribution in [1.29, 1.82) is 5.41 Å². The Morgan fingerprint density at radius 2 is 1.77 bits per heavy atom. The van der Waals surface area contributed by atoms with Gasteiger partial charge in [0.2, 0.25) is 5.92 Å². The standard InChI is InChI=1S/C27H34F3N5O3S/c1-19-12-25(32-23-4-2-22(28)3-5-23)21(16-31)13-24(19)26-18-35(39(36,37)34-8-10-38-11-9-34)7-6-33(26)17-20-14-27(29,30)15-20/h2-5,12-13,16,20,26,31-32H,6-11,14-15,17-18H2,1H3/t26-/m1/s1. The van der Waals surface area contributed by atoms with Crippen molar-refractivity contribution in [3.63, 3.8) is 0 Å². The van der Waals surface area contributed by atoms with Crippen LogP contribution in [-0.4, -0.2) is 86.5 Å². The number of nitrogens with one attached hydrogen (secondary N) is 2. The highest BCUT2D eigenvalue weighted by Gasteiger charge is 2.47. The SMILES string of the molecule is Cc1cc(Nc2ccc(F)cc2)c(C=N)cc1[C@H]1CN(S(=O)(=O)N2CCOCC2)CCN1CC1CC(F)(F)C1. The van der Waals surface area contributed by atoms with Crippen LogP contribution in [0.2, 0.25) is 0 Å². The molecule has 39 heavy (non-hydrogen) atoms. The quantitative estimate of drug-likeness (QED) is 0.470. The van der Waals surface area contributed by atoms with Crippen molar-refractivity contribution in [2.45, 2.75) is 31.7 Å². The van der Waals surface area contributed by atoms with Crippen LogP contribution in [-0.2, 0) is 14.9 Å². The number of hydrogen-bond acceptors (Lipinski definition) is 6. The van der Waals surface area contributed by atoms with Crippen LogP contribution in [0.25, 0.3) is 0 Å². The number of morpholine rings is 1. The van der Waals surface area contributed by atoms with E-state index in [-0.39, 0.29) is 43.7 Å². The smallest absolute Gasteiger partial charge is 0.282 e. The Balaban J connectivity index is 1.44. The third-order valence-corrected chi connectivity index (χ3v) is 9.82. The van der Waals surface area contributed by atoms with E-state index in [1.54, 1.807) is 12.1 Å². The summed E-state index contributed by atoms with van der Waals surface area (Å²) < 4.78 is 75.9. The summed E-state index contributed by atoms with van der Waals surface area (Å²) in [6, 6.07) is 9.32. The number of halogens is 3. The number of nitrogens with zero attached hydrogens (tertiary/aromatic N) is 3. The highest BCUT2D eigenvalue weighted by molar-refractivity contribution is 7.86. The van der Waals surface area contributed by atoms with Crippen molar-refractivity contribution in [2.24, 2.45) is 5.92 Å². The van der Waals surface area contributed by atoms with Gasteiger partial charge in [-0.2, -0.15) is 17.0 Å². The Bertz CT molecular complexity index is 1290. The Hall–Kier alpha value is -2.51. The van der Waals surface area contributed by atoms with E-state index in [9.17, 15) is 21.6 Å². The molecule has 2 aliphatic heterocycles. The van der Waals surface area contributed by atoms with Crippen molar-refractivity contribution in [3.05, 3.63) is 58.9 Å². The van der Waals surface area contributed by atoms with Gasteiger partial charge in [-0.15, -0.1) is 0 Å². The molecule has 2 heterocycles. The maximum absolute atomic E-state index is 13.6. The zero-order valence-electron chi connectivity index (χ0n) is 21.9. The molecule has 12 heteroatoms. The van der Waals surface area contributed by atoms with E-state index in [1.807, 2.05) is 19.1 Å². The average Bonchev–Trinajstić information content (AvgIpc) is 2.90. The third-order valence-electron chi connectivity index (χ3n) is 7.82. The van der Waals surface area contributed by atoms with E-state index in [0.717, 1.165) is 11.1 Å². The predicted molar refractivity (Wildman–Crippen MR) is 144 cm³/mol. The number of ether oxygens (including phenoxy) is 1. The summed E-state index contributed by atoms with van der Waals surface area (Å²) in [5.74, 6) is -3.12. The lowest BCUT2D eigenvalue weighted by Crippen LogP contribution is -2.57. The Morgan fingerprint density at radius 1 is 1.08 bits per heavy atom. The van der Waals surface area contributed by atoms with Crippen LogP contribution >= 0.6 is 0 Å². The minimum Gasteiger partial charge on any atom is -0.379 e. The number of hydrogen-bond donors (Lipinski definition) is 2. The van der Waals surface area contributed by atoms with E-state index in [1.165, 1.54) is 27.0 Å². The van der Waals surface area contributed by atoms with E-state index in [0.29, 0.717) is 56.3 Å². The van der Waals surface area contributed by atoms with Crippen molar-refractivity contribution in [2.75, 3.05) is 57.8 Å². The molecule has 8 nitrogen and oxygen atoms in total. The number of anilines is 2. The molecular formula is C27H34F3N5O3S. The molecule has 0 bridgehead atoms. The van der Waals surface area contributed by atoms with Gasteiger partial charge in [-0.05, 0) is 60.4 Å². The molecule has 2 saturated heterocycles. The van der Waals surface area contributed by atoms with Crippen LogP contribution in [0.5, 0.6) is 0 Å². The van der Waals surface area contributed by atoms with E-state index < -0.39 is 16.1 Å². The number of benzene rings is 2. The molecule has 5 rings (SSSR count). The first-order chi connectivity index (χ1) is 18.6. The second-order valence-corrected chi connectivity index (χ2v) is 12.5. The molecular weight excluding hydrogens is 531 g/mol. The number of piperazine rings is 1. The average molecular weight is 566 g/mol. The summed E-state index contributed by atoms with van der Waals surface area (Å²) in [6.45, 7) is 4.56. The summed E-state index contributed by atoms with van der Waals surface area (Å²) >= 11 is 0. The van der Waals surface area contributed by atoms with Gasteiger partial charge in [0, 0.05) is 81.3 Å². The first-order valence-corrected chi connectivity index (χ1v) is 14.6. The van der Waals surface area contributed by atoms with Gasteiger partial charge in [0.25, 0.3) is 10.2 Å². The Kier molecular flexibility index (Phi) is 8.03. The molecule has 2 aromatic carbocycles. The van der Waals surface area contributed by atoms with Gasteiger partial charge in [-0.3, -0.25) is 4.90 Å². The molecule has 1 atom stereocenters. The fourth-order valence-corrected chi connectivity index (χ4v) is 7.30. The van der Waals surface area contributed by atoms with E-state index in [4.69, 9.17) is 10.1 Å². The number of aryl methyl sites for hydroxylation is 1. The van der Waals surface area contributed by atoms with Gasteiger partial charge in [0.1, 0.15) is 5.82 Å². The summed E-state index contributed by atoms with van der Waals surface area (Å²) in [5, 5.41) is 11.3. The highest BCUT2D eigenvalue weighted by atomic mass is 32.2. The zero-order chi connectivity index (χ0) is 27.8. The highest BCUT2D eigenvalue weighted by Crippen LogP contribution is 2.44. The number of rotatable bonds is 8. The predicted octanol–water partition coefficient (Wildman–Crippen LogP) is 4.16. The topological polar surface area (TPSA) is 89.0 Å². The summed E-state index contributed by atoms with van der Waals surface area (Å²) in [6.07, 6.45) is 0.908. The minimum absolute atomic E-state index is 0.146. The van der Waals surface area contributed by atoms with Crippen molar-refractivity contribution >= 4 is 27.8 Å². The fourth-order valence-electron chi connectivity index (χ4n) is 5.72. The van der Waals surface area contributed by atoms with Crippen molar-refractivity contribution < 1.29 is 26.3 Å². The minimum atomic E-state index is -3.72. The lowest BCUT2D eigenvalue weighted by molar-refractivity contribution is -0.120. The first-order valence-electron chi connectivity index (χ1n) is 13.2. The second-order valence-electron chi connectivity index (χ2n) is 10.6. The zero-order valence-corrected chi connectivity index (χ0v) is 22.7. The van der Waals surface area contributed by atoms with Gasteiger partial charge < -0.3 is 15.5 Å². The molecule has 2 aromatic rings. The third kappa shape index (κ3) is 6.14. The largest absolute Gasteiger partial charge is 0.379 e. The maximum Gasteiger partial charge on any atom is 0.282 e. The summed E-state index contributed by atoms with van der Waals surface area (Å²) in [7, 11) is -3.72. The van der Waals surface area contributed by atoms with Gasteiger partial charge in [0.05, 0.1) is 13.2 Å². The lowest BCUT2D eigenvalue weighted by atomic mass is 9.80. The Labute approximate surface area is 227 Å². The van der Waals surface area contributed by atoms with Crippen LogP contribution < -0.4 is 5.32 Å². The molecule has 212 valence electrons. The first kappa shape index (κ1) is 28.0. The van der Waals surface area contributed by atoms with Crippen LogP contribution in [0.3, 0.4) is 0 Å². The maximum atomic E-state index is 13.6. The Morgan fingerprint density at radius 3 is 2.41 bits per heavy atom. The summed E-state index contributed by atoms with van der Waals surface area (Å²) in [5.41, 5.74) is 3.65. The van der Waals surface area contributed by atoms with E-state index in [2.05, 4.69) is 10.2 Å². The van der Waals surface area contributed by atoms with Crippen LogP contribution in [0.4, 0.5) is 24.5 Å². The lowest BCUT2D eigenvalue weighted by Gasteiger charge is -2.46. The summed E-state index contributed by atoms with van der Waals surface area (Å²) in [4.78, 5) is 2.12. The van der Waals surface area contributed by atoms with Crippen molar-refractivity contribution in [3.8, 4) is 0 Å². The van der Waals surface area contributed by atoms with Gasteiger partial charge >= 0.3 is 0 Å². The number of alkyl halides is 2. The van der Waals surface area contributed by atoms with Crippen LogP contribution in [0, 0.1) is 24.1 Å². The van der Waals surface area contributed by atoms with Gasteiger partial charge in [0.15, 0.2) is 0 Å². The van der Waals surface area contributed by atoms with Crippen LogP contribution in [0.15, 0.2) is 36.4 Å². The molecule has 0 aromatic heterocycles. The molecule has 3 aliphatic rings. The molecule has 0 amide bonds. The van der Waals surface area contributed by atoms with Crippen LogP contribution in [0.1, 0.15) is 35.6 Å². The fraction of sp³-hybridized carbons (Fsp3) is 0.519. The monoisotopic (exact) mass is 565 g/mol. The molecule has 3 fully saturated rings. The molecule has 0 radical (unpaired) electrons. The van der Waals surface area contributed by atoms with E-state index >= 15 is 0 Å². The van der Waals surface area contributed by atoms with Gasteiger partial charge in [-0.25, -0.2) is 13.2 Å². The molecule has 0 unspecified atom stereocenters. The molecule has 1 saturated carbocycles. The normalized spacial score (nSPS) is 23.3. The van der Waals surface area contributed by atoms with Gasteiger partial charge in [-0.1, -0.05) is 0 Å². The van der Waals surface area contributed by atoms with Crippen molar-refractivity contribution in [1.82, 2.24) is 13.5 Å².